The van der Waals surface area contributed by atoms with Gasteiger partial charge < -0.3 is 8.98 Å². The van der Waals surface area contributed by atoms with Gasteiger partial charge in [-0.2, -0.15) is 0 Å². The summed E-state index contributed by atoms with van der Waals surface area (Å²) in [7, 11) is 0. The molecular formula is C49H29N3O. The van der Waals surface area contributed by atoms with Crippen molar-refractivity contribution in [3.05, 3.63) is 176 Å². The van der Waals surface area contributed by atoms with Crippen molar-refractivity contribution in [1.29, 1.82) is 0 Å². The van der Waals surface area contributed by atoms with Gasteiger partial charge in [0.25, 0.3) is 0 Å². The molecule has 0 fully saturated rings. The maximum Gasteiger partial charge on any atom is 0.160 e. The summed E-state index contributed by atoms with van der Waals surface area (Å²) in [6.45, 7) is 0. The van der Waals surface area contributed by atoms with E-state index in [4.69, 9.17) is 9.40 Å². The van der Waals surface area contributed by atoms with E-state index in [0.29, 0.717) is 0 Å². The number of furan rings is 1. The Kier molecular flexibility index (Phi) is 5.74. The quantitative estimate of drug-likeness (QED) is 0.187. The van der Waals surface area contributed by atoms with Gasteiger partial charge in [-0.25, -0.2) is 4.98 Å². The summed E-state index contributed by atoms with van der Waals surface area (Å²) < 4.78 is 11.6. The number of aromatic nitrogens is 3. The second-order valence-corrected chi connectivity index (χ2v) is 13.9. The van der Waals surface area contributed by atoms with Crippen molar-refractivity contribution in [2.75, 3.05) is 0 Å². The number of para-hydroxylation sites is 3. The van der Waals surface area contributed by atoms with Crippen LogP contribution in [0.1, 0.15) is 0 Å². The number of fused-ring (bicyclic) bond motifs is 13. The van der Waals surface area contributed by atoms with Crippen molar-refractivity contribution in [1.82, 2.24) is 14.1 Å². The van der Waals surface area contributed by atoms with Gasteiger partial charge in [-0.1, -0.05) is 121 Å². The maximum absolute atomic E-state index is 6.81. The summed E-state index contributed by atoms with van der Waals surface area (Å²) in [5.41, 5.74) is 10.5. The first-order valence-corrected chi connectivity index (χ1v) is 18.1. The van der Waals surface area contributed by atoms with Gasteiger partial charge in [0.15, 0.2) is 5.58 Å². The van der Waals surface area contributed by atoms with Gasteiger partial charge in [-0.3, -0.25) is 4.57 Å². The fourth-order valence-corrected chi connectivity index (χ4v) is 8.78. The first-order valence-electron chi connectivity index (χ1n) is 18.1. The lowest BCUT2D eigenvalue weighted by Crippen LogP contribution is -2.00. The van der Waals surface area contributed by atoms with Crippen LogP contribution in [0.15, 0.2) is 180 Å². The van der Waals surface area contributed by atoms with Crippen LogP contribution < -0.4 is 0 Å². The molecule has 0 N–H and O–H groups in total. The van der Waals surface area contributed by atoms with Crippen LogP contribution in [0.3, 0.4) is 0 Å². The molecule has 0 aliphatic rings. The molecule has 4 aromatic heterocycles. The molecule has 12 rings (SSSR count). The van der Waals surface area contributed by atoms with E-state index in [-0.39, 0.29) is 0 Å². The molecule has 4 heterocycles. The van der Waals surface area contributed by atoms with E-state index in [2.05, 4.69) is 179 Å². The summed E-state index contributed by atoms with van der Waals surface area (Å²) >= 11 is 0. The van der Waals surface area contributed by atoms with Crippen LogP contribution in [0, 0.1) is 0 Å². The Balaban J connectivity index is 1.31. The Bertz CT molecular complexity index is 3440. The van der Waals surface area contributed by atoms with E-state index in [9.17, 15) is 0 Å². The fraction of sp³-hybridized carbons (Fsp3) is 0. The van der Waals surface area contributed by atoms with E-state index in [1.165, 1.54) is 27.1 Å². The van der Waals surface area contributed by atoms with Crippen LogP contribution >= 0.6 is 0 Å². The van der Waals surface area contributed by atoms with Gasteiger partial charge >= 0.3 is 0 Å². The topological polar surface area (TPSA) is 35.9 Å². The lowest BCUT2D eigenvalue weighted by molar-refractivity contribution is 0.671. The van der Waals surface area contributed by atoms with Crippen LogP contribution in [0.4, 0.5) is 0 Å². The van der Waals surface area contributed by atoms with Crippen LogP contribution in [-0.4, -0.2) is 14.1 Å². The van der Waals surface area contributed by atoms with Crippen molar-refractivity contribution in [3.63, 3.8) is 0 Å². The summed E-state index contributed by atoms with van der Waals surface area (Å²) in [5.74, 6) is 0.850. The zero-order valence-electron chi connectivity index (χ0n) is 28.5. The minimum absolute atomic E-state index is 0.850. The third-order valence-electron chi connectivity index (χ3n) is 11.1. The number of hydrogen-bond donors (Lipinski definition) is 0. The number of nitrogens with zero attached hydrogens (tertiary/aromatic N) is 3. The van der Waals surface area contributed by atoms with Crippen LogP contribution in [0.25, 0.3) is 110 Å². The zero-order valence-corrected chi connectivity index (χ0v) is 28.5. The Labute approximate surface area is 303 Å². The van der Waals surface area contributed by atoms with Gasteiger partial charge in [0.2, 0.25) is 0 Å². The molecule has 0 aliphatic heterocycles. The SMILES string of the molecule is c1ccc(-c2cc(-n3c4cc5c(cc4c4ccc6c7ccccc7oc6c43)c3c4ccccc4ccc3n5-c3ccccc3)nc3ccccc23)cc1. The first-order chi connectivity index (χ1) is 26.3. The predicted octanol–water partition coefficient (Wildman–Crippen LogP) is 13.1. The molecule has 8 aromatic carbocycles. The number of rotatable bonds is 3. The van der Waals surface area contributed by atoms with Gasteiger partial charge in [0.1, 0.15) is 11.4 Å². The molecule has 0 unspecified atom stereocenters. The second-order valence-electron chi connectivity index (χ2n) is 13.9. The zero-order chi connectivity index (χ0) is 34.6. The minimum atomic E-state index is 0.850. The summed E-state index contributed by atoms with van der Waals surface area (Å²) in [5, 5.41) is 10.6. The molecule has 246 valence electrons. The van der Waals surface area contributed by atoms with Crippen molar-refractivity contribution >= 4 is 87.2 Å². The molecule has 0 amide bonds. The average Bonchev–Trinajstić information content (AvgIpc) is 3.87. The lowest BCUT2D eigenvalue weighted by Gasteiger charge is -2.13. The van der Waals surface area contributed by atoms with Gasteiger partial charge in [0.05, 0.1) is 27.6 Å². The number of benzene rings is 8. The average molecular weight is 676 g/mol. The molecule has 4 nitrogen and oxygen atoms in total. The van der Waals surface area contributed by atoms with Crippen molar-refractivity contribution in [2.24, 2.45) is 0 Å². The molecule has 0 saturated carbocycles. The standard InChI is InChI=1S/C49H29N3O/c1-3-13-30(14-4-1)38-28-46(50-41-21-11-9-19-34(38)41)52-43-29-44-40(27-39(43)36-24-25-37-35-20-10-12-22-45(35)53-49(37)48(36)52)47-33-18-8-7-15-31(33)23-26-42(47)51(44)32-16-5-2-6-17-32/h1-29H. The molecule has 0 saturated heterocycles. The smallest absolute Gasteiger partial charge is 0.160 e. The predicted molar refractivity (Wildman–Crippen MR) is 221 cm³/mol. The normalized spacial score (nSPS) is 12.2. The summed E-state index contributed by atoms with van der Waals surface area (Å²) in [4.78, 5) is 5.42. The highest BCUT2D eigenvalue weighted by Gasteiger charge is 2.24. The number of hydrogen-bond acceptors (Lipinski definition) is 2. The molecular weight excluding hydrogens is 647 g/mol. The lowest BCUT2D eigenvalue weighted by atomic mass is 10.0. The van der Waals surface area contributed by atoms with Gasteiger partial charge in [-0.15, -0.1) is 0 Å². The summed E-state index contributed by atoms with van der Waals surface area (Å²) in [6.07, 6.45) is 0. The molecule has 0 aliphatic carbocycles. The van der Waals surface area contributed by atoms with Crippen LogP contribution in [0.5, 0.6) is 0 Å². The van der Waals surface area contributed by atoms with Crippen molar-refractivity contribution < 1.29 is 4.42 Å². The van der Waals surface area contributed by atoms with E-state index < -0.39 is 0 Å². The molecule has 0 spiro atoms. The van der Waals surface area contributed by atoms with Gasteiger partial charge in [-0.05, 0) is 76.5 Å². The fourth-order valence-electron chi connectivity index (χ4n) is 8.78. The molecule has 12 aromatic rings. The van der Waals surface area contributed by atoms with Crippen LogP contribution in [-0.2, 0) is 0 Å². The Hall–Kier alpha value is -7.17. The highest BCUT2D eigenvalue weighted by Crippen LogP contribution is 2.45. The van der Waals surface area contributed by atoms with E-state index in [1.807, 2.05) is 6.07 Å². The van der Waals surface area contributed by atoms with Gasteiger partial charge in [0, 0.05) is 43.4 Å². The van der Waals surface area contributed by atoms with E-state index in [1.54, 1.807) is 0 Å². The molecule has 53 heavy (non-hydrogen) atoms. The highest BCUT2D eigenvalue weighted by molar-refractivity contribution is 6.27. The number of pyridine rings is 1. The Morgan fingerprint density at radius 1 is 0.434 bits per heavy atom. The highest BCUT2D eigenvalue weighted by atomic mass is 16.3. The van der Waals surface area contributed by atoms with E-state index >= 15 is 0 Å². The molecule has 0 radical (unpaired) electrons. The Morgan fingerprint density at radius 2 is 1.13 bits per heavy atom. The Morgan fingerprint density at radius 3 is 2.00 bits per heavy atom. The van der Waals surface area contributed by atoms with E-state index in [0.717, 1.165) is 82.8 Å². The third kappa shape index (κ3) is 3.98. The van der Waals surface area contributed by atoms with Crippen LogP contribution in [0.2, 0.25) is 0 Å². The minimum Gasteiger partial charge on any atom is -0.454 e. The first kappa shape index (κ1) is 28.5. The third-order valence-corrected chi connectivity index (χ3v) is 11.1. The summed E-state index contributed by atoms with van der Waals surface area (Å²) in [6, 6.07) is 62.9. The molecule has 0 bridgehead atoms. The molecule has 4 heteroatoms. The maximum atomic E-state index is 6.81. The van der Waals surface area contributed by atoms with Crippen molar-refractivity contribution in [3.8, 4) is 22.6 Å². The second kappa shape index (κ2) is 10.7. The monoisotopic (exact) mass is 675 g/mol. The largest absolute Gasteiger partial charge is 0.454 e. The van der Waals surface area contributed by atoms with Crippen molar-refractivity contribution in [2.45, 2.75) is 0 Å². The molecule has 0 atom stereocenters.